The number of hydrogen-bond donors (Lipinski definition) is 1. The number of nitrogens with one attached hydrogen (secondary N) is 1. The molecule has 0 atom stereocenters. The first-order valence-electron chi connectivity index (χ1n) is 3.64. The summed E-state index contributed by atoms with van der Waals surface area (Å²) in [6, 6.07) is 0. The lowest BCUT2D eigenvalue weighted by molar-refractivity contribution is 0.981. The van der Waals surface area contributed by atoms with Crippen molar-refractivity contribution in [1.82, 2.24) is 9.97 Å². The maximum absolute atomic E-state index is 4.27. The Hall–Kier alpha value is -1.31. The topological polar surface area (TPSA) is 28.7 Å². The van der Waals surface area contributed by atoms with Gasteiger partial charge in [-0.15, -0.1) is 0 Å². The van der Waals surface area contributed by atoms with E-state index in [1.165, 1.54) is 0 Å². The van der Waals surface area contributed by atoms with E-state index in [1.54, 1.807) is 6.08 Å². The van der Waals surface area contributed by atoms with Gasteiger partial charge in [-0.1, -0.05) is 26.2 Å². The van der Waals surface area contributed by atoms with Crippen LogP contribution in [0, 0.1) is 0 Å². The number of nitrogens with zero attached hydrogens (tertiary/aromatic N) is 1. The Labute approximate surface area is 66.0 Å². The number of imidazole rings is 1. The van der Waals surface area contributed by atoms with E-state index in [1.807, 2.05) is 6.08 Å². The molecule has 0 unspecified atom stereocenters. The molecule has 58 valence electrons. The van der Waals surface area contributed by atoms with Gasteiger partial charge in [0.05, 0.1) is 10.7 Å². The van der Waals surface area contributed by atoms with Gasteiger partial charge < -0.3 is 4.98 Å². The fourth-order valence-corrected chi connectivity index (χ4v) is 0.896. The van der Waals surface area contributed by atoms with Crippen LogP contribution in [0.1, 0.15) is 12.7 Å². The molecule has 0 amide bonds. The second kappa shape index (κ2) is 3.19. The second-order valence-electron chi connectivity index (χ2n) is 2.30. The summed E-state index contributed by atoms with van der Waals surface area (Å²) in [5, 5.41) is 1.75. The van der Waals surface area contributed by atoms with Gasteiger partial charge in [0.15, 0.2) is 0 Å². The highest BCUT2D eigenvalue weighted by molar-refractivity contribution is 5.32. The normalized spacial score (nSPS) is 11.9. The molecule has 11 heavy (non-hydrogen) atoms. The van der Waals surface area contributed by atoms with Gasteiger partial charge >= 0.3 is 0 Å². The van der Waals surface area contributed by atoms with Crippen LogP contribution in [0.3, 0.4) is 0 Å². The van der Waals surface area contributed by atoms with E-state index >= 15 is 0 Å². The van der Waals surface area contributed by atoms with Crippen molar-refractivity contribution in [2.75, 3.05) is 0 Å². The van der Waals surface area contributed by atoms with Gasteiger partial charge in [-0.2, -0.15) is 0 Å². The van der Waals surface area contributed by atoms with Crippen molar-refractivity contribution in [2.24, 2.45) is 0 Å². The standard InChI is InChI=1S/C9H12N2/c1-4-6-8-7(3)10-9(5-2)11-8/h4,6H,1,3,5H2,2H3,(H,10,11)/b8-6+. The molecular weight excluding hydrogens is 136 g/mol. The molecule has 0 aliphatic heterocycles. The average Bonchev–Trinajstić information content (AvgIpc) is 2.33. The molecule has 1 aromatic heterocycles. The van der Waals surface area contributed by atoms with Gasteiger partial charge in [0.2, 0.25) is 0 Å². The van der Waals surface area contributed by atoms with Crippen LogP contribution in [0.25, 0.3) is 12.7 Å². The molecule has 0 aliphatic rings. The molecule has 1 aromatic rings. The summed E-state index contributed by atoms with van der Waals surface area (Å²) in [5.74, 6) is 0.975. The lowest BCUT2D eigenvalue weighted by atomic mass is 10.5. The van der Waals surface area contributed by atoms with Crippen LogP contribution in [0.4, 0.5) is 0 Å². The fraction of sp³-hybridized carbons (Fsp3) is 0.222. The van der Waals surface area contributed by atoms with E-state index < -0.39 is 0 Å². The molecule has 0 bridgehead atoms. The molecule has 2 nitrogen and oxygen atoms in total. The third-order valence-corrected chi connectivity index (χ3v) is 1.47. The third kappa shape index (κ3) is 1.58. The molecule has 0 radical (unpaired) electrons. The van der Waals surface area contributed by atoms with Crippen molar-refractivity contribution in [3.63, 3.8) is 0 Å². The second-order valence-corrected chi connectivity index (χ2v) is 2.30. The predicted octanol–water partition coefficient (Wildman–Crippen LogP) is 0.349. The first-order valence-corrected chi connectivity index (χ1v) is 3.64. The Balaban J connectivity index is 3.28. The highest BCUT2D eigenvalue weighted by Gasteiger charge is 1.91. The number of rotatable bonds is 2. The SMILES string of the molecule is C=C/C=c1/nc(CC)[nH]c1=C. The zero-order valence-corrected chi connectivity index (χ0v) is 6.72. The minimum absolute atomic E-state index is 0.863. The molecule has 2 heteroatoms. The molecule has 0 saturated carbocycles. The largest absolute Gasteiger partial charge is 0.342 e. The summed E-state index contributed by atoms with van der Waals surface area (Å²) >= 11 is 0. The van der Waals surface area contributed by atoms with Crippen molar-refractivity contribution in [2.45, 2.75) is 13.3 Å². The molecule has 0 aliphatic carbocycles. The zero-order chi connectivity index (χ0) is 8.27. The van der Waals surface area contributed by atoms with E-state index in [9.17, 15) is 0 Å². The van der Waals surface area contributed by atoms with E-state index in [2.05, 4.69) is 30.0 Å². The number of hydrogen-bond acceptors (Lipinski definition) is 1. The van der Waals surface area contributed by atoms with E-state index in [0.717, 1.165) is 22.9 Å². The number of H-pyrrole nitrogens is 1. The van der Waals surface area contributed by atoms with Crippen LogP contribution in [0.2, 0.25) is 0 Å². The first-order chi connectivity index (χ1) is 5.27. The summed E-state index contributed by atoms with van der Waals surface area (Å²) in [7, 11) is 0. The van der Waals surface area contributed by atoms with Crippen molar-refractivity contribution >= 4 is 12.7 Å². The van der Waals surface area contributed by atoms with Crippen molar-refractivity contribution in [1.29, 1.82) is 0 Å². The summed E-state index contributed by atoms with van der Waals surface area (Å²) in [4.78, 5) is 7.35. The van der Waals surface area contributed by atoms with E-state index in [-0.39, 0.29) is 0 Å². The Morgan fingerprint density at radius 1 is 1.64 bits per heavy atom. The minimum Gasteiger partial charge on any atom is -0.342 e. The van der Waals surface area contributed by atoms with Crippen LogP contribution >= 0.6 is 0 Å². The smallest absolute Gasteiger partial charge is 0.106 e. The minimum atomic E-state index is 0.863. The lowest BCUT2D eigenvalue weighted by Gasteiger charge is -1.80. The van der Waals surface area contributed by atoms with Gasteiger partial charge in [-0.05, 0) is 6.08 Å². The average molecular weight is 148 g/mol. The number of aromatic amines is 1. The lowest BCUT2D eigenvalue weighted by Crippen LogP contribution is -2.21. The monoisotopic (exact) mass is 148 g/mol. The Morgan fingerprint density at radius 2 is 2.36 bits per heavy atom. The van der Waals surface area contributed by atoms with Crippen LogP contribution in [-0.2, 0) is 6.42 Å². The van der Waals surface area contributed by atoms with Crippen molar-refractivity contribution < 1.29 is 0 Å². The van der Waals surface area contributed by atoms with E-state index in [0.29, 0.717) is 0 Å². The summed E-state index contributed by atoms with van der Waals surface area (Å²) in [5.41, 5.74) is 0. The highest BCUT2D eigenvalue weighted by atomic mass is 14.9. The molecule has 1 rings (SSSR count). The van der Waals surface area contributed by atoms with Gasteiger partial charge in [0, 0.05) is 6.42 Å². The molecule has 0 spiro atoms. The Morgan fingerprint density at radius 3 is 2.82 bits per heavy atom. The van der Waals surface area contributed by atoms with Crippen molar-refractivity contribution in [3.8, 4) is 0 Å². The fourth-order valence-electron chi connectivity index (χ4n) is 0.896. The van der Waals surface area contributed by atoms with Gasteiger partial charge in [0.1, 0.15) is 5.82 Å². The predicted molar refractivity (Wildman–Crippen MR) is 47.4 cm³/mol. The summed E-state index contributed by atoms with van der Waals surface area (Å²) < 4.78 is 0. The summed E-state index contributed by atoms with van der Waals surface area (Å²) in [6.45, 7) is 9.46. The molecule has 0 fully saturated rings. The first kappa shape index (κ1) is 7.79. The van der Waals surface area contributed by atoms with Crippen LogP contribution in [-0.4, -0.2) is 9.97 Å². The van der Waals surface area contributed by atoms with Gasteiger partial charge in [-0.3, -0.25) is 0 Å². The third-order valence-electron chi connectivity index (χ3n) is 1.47. The number of allylic oxidation sites excluding steroid dienone is 1. The van der Waals surface area contributed by atoms with E-state index in [4.69, 9.17) is 0 Å². The van der Waals surface area contributed by atoms with Crippen LogP contribution in [0.15, 0.2) is 12.7 Å². The van der Waals surface area contributed by atoms with Crippen LogP contribution < -0.4 is 10.7 Å². The van der Waals surface area contributed by atoms with Gasteiger partial charge in [0.25, 0.3) is 0 Å². The zero-order valence-electron chi connectivity index (χ0n) is 6.72. The molecule has 1 N–H and O–H groups in total. The Bertz CT molecular complexity index is 346. The quantitative estimate of drug-likeness (QED) is 0.644. The summed E-state index contributed by atoms with van der Waals surface area (Å²) in [6.07, 6.45) is 4.47. The molecule has 0 aromatic carbocycles. The highest BCUT2D eigenvalue weighted by Crippen LogP contribution is 1.79. The maximum Gasteiger partial charge on any atom is 0.106 e. The number of aryl methyl sites for hydroxylation is 1. The number of aromatic nitrogens is 2. The van der Waals surface area contributed by atoms with Gasteiger partial charge in [-0.25, -0.2) is 4.98 Å². The maximum atomic E-state index is 4.27. The van der Waals surface area contributed by atoms with Crippen LogP contribution in [0.5, 0.6) is 0 Å². The molecular formula is C9H12N2. The molecule has 0 saturated heterocycles. The Kier molecular flexibility index (Phi) is 2.26. The molecule has 1 heterocycles. The van der Waals surface area contributed by atoms with Crippen molar-refractivity contribution in [3.05, 3.63) is 29.2 Å².